The van der Waals surface area contributed by atoms with Crippen LogP contribution in [-0.2, 0) is 9.53 Å². The minimum atomic E-state index is -0.520. The summed E-state index contributed by atoms with van der Waals surface area (Å²) in [5.41, 5.74) is 2.04. The molecular formula is C22H29N3O4. The van der Waals surface area contributed by atoms with Gasteiger partial charge >= 0.3 is 6.09 Å². The molecule has 2 heterocycles. The number of hydrogen-bond acceptors (Lipinski definition) is 5. The zero-order valence-corrected chi connectivity index (χ0v) is 17.5. The highest BCUT2D eigenvalue weighted by Gasteiger charge is 2.32. The summed E-state index contributed by atoms with van der Waals surface area (Å²) >= 11 is 0. The molecule has 1 aromatic carbocycles. The maximum absolute atomic E-state index is 12.5. The van der Waals surface area contributed by atoms with Gasteiger partial charge in [0, 0.05) is 30.3 Å². The van der Waals surface area contributed by atoms with E-state index in [-0.39, 0.29) is 18.0 Å². The van der Waals surface area contributed by atoms with E-state index in [1.807, 2.05) is 45.9 Å². The molecule has 156 valence electrons. The second kappa shape index (κ2) is 8.68. The molecule has 2 aromatic rings. The summed E-state index contributed by atoms with van der Waals surface area (Å²) in [6, 6.07) is 5.69. The lowest BCUT2D eigenvalue weighted by Crippen LogP contribution is -2.40. The first-order chi connectivity index (χ1) is 13.7. The molecule has 7 heteroatoms. The number of nitrogens with one attached hydrogen (secondary N) is 1. The zero-order valence-electron chi connectivity index (χ0n) is 17.5. The smallest absolute Gasteiger partial charge is 0.410 e. The molecule has 1 aliphatic heterocycles. The van der Waals surface area contributed by atoms with Crippen molar-refractivity contribution in [2.75, 3.05) is 11.9 Å². The van der Waals surface area contributed by atoms with Gasteiger partial charge in [0.15, 0.2) is 0 Å². The van der Waals surface area contributed by atoms with Crippen molar-refractivity contribution >= 4 is 17.7 Å². The molecule has 1 aliphatic rings. The summed E-state index contributed by atoms with van der Waals surface area (Å²) in [6.07, 6.45) is 5.61. The highest BCUT2D eigenvalue weighted by Crippen LogP contribution is 2.26. The lowest BCUT2D eigenvalue weighted by atomic mass is 10.1. The number of rotatable bonds is 5. The van der Waals surface area contributed by atoms with Crippen LogP contribution in [0.15, 0.2) is 35.1 Å². The second-order valence-corrected chi connectivity index (χ2v) is 8.42. The Hall–Kier alpha value is -2.83. The lowest BCUT2D eigenvalue weighted by Gasteiger charge is -2.28. The van der Waals surface area contributed by atoms with E-state index in [4.69, 9.17) is 9.15 Å². The number of carbonyl (C=O) groups is 2. The quantitative estimate of drug-likeness (QED) is 0.783. The lowest BCUT2D eigenvalue weighted by molar-refractivity contribution is -0.116. The molecule has 29 heavy (non-hydrogen) atoms. The number of hydrogen-bond donors (Lipinski definition) is 1. The molecule has 2 amide bonds. The van der Waals surface area contributed by atoms with Crippen LogP contribution in [0.3, 0.4) is 0 Å². The number of benzene rings is 1. The molecule has 1 saturated heterocycles. The third-order valence-electron chi connectivity index (χ3n) is 4.89. The number of ether oxygens (including phenoxy) is 1. The van der Waals surface area contributed by atoms with Gasteiger partial charge in [-0.05, 0) is 64.7 Å². The van der Waals surface area contributed by atoms with Gasteiger partial charge in [0.05, 0.1) is 6.20 Å². The SMILES string of the molecule is Cc1ccc(NC(=O)CC[C@@H]2CCCN2C(=O)OC(C)(C)C)cc1-c1ncco1. The Labute approximate surface area is 171 Å². The largest absolute Gasteiger partial charge is 0.445 e. The van der Waals surface area contributed by atoms with Crippen molar-refractivity contribution in [2.45, 2.75) is 65.0 Å². The molecular weight excluding hydrogens is 370 g/mol. The maximum atomic E-state index is 12.5. The van der Waals surface area contributed by atoms with Gasteiger partial charge in [-0.2, -0.15) is 0 Å². The molecule has 0 saturated carbocycles. The monoisotopic (exact) mass is 399 g/mol. The van der Waals surface area contributed by atoms with Crippen LogP contribution in [0.2, 0.25) is 0 Å². The highest BCUT2D eigenvalue weighted by atomic mass is 16.6. The number of anilines is 1. The summed E-state index contributed by atoms with van der Waals surface area (Å²) in [7, 11) is 0. The van der Waals surface area contributed by atoms with Crippen LogP contribution in [0.25, 0.3) is 11.5 Å². The Kier molecular flexibility index (Phi) is 6.25. The summed E-state index contributed by atoms with van der Waals surface area (Å²) < 4.78 is 10.9. The van der Waals surface area contributed by atoms with Gasteiger partial charge in [-0.25, -0.2) is 9.78 Å². The van der Waals surface area contributed by atoms with E-state index in [0.29, 0.717) is 31.0 Å². The number of nitrogens with zero attached hydrogens (tertiary/aromatic N) is 2. The summed E-state index contributed by atoms with van der Waals surface area (Å²) in [5, 5.41) is 2.93. The Morgan fingerprint density at radius 2 is 2.14 bits per heavy atom. The Bertz CT molecular complexity index is 855. The van der Waals surface area contributed by atoms with E-state index in [1.54, 1.807) is 11.1 Å². The Morgan fingerprint density at radius 1 is 1.34 bits per heavy atom. The highest BCUT2D eigenvalue weighted by molar-refractivity contribution is 5.91. The molecule has 7 nitrogen and oxygen atoms in total. The summed E-state index contributed by atoms with van der Waals surface area (Å²) in [4.78, 5) is 30.8. The minimum Gasteiger partial charge on any atom is -0.445 e. The number of amides is 2. The standard InChI is InChI=1S/C22H29N3O4/c1-15-7-8-16(14-18(15)20-23-11-13-28-20)24-19(26)10-9-17-6-5-12-25(17)21(27)29-22(2,3)4/h7-8,11,13-14,17H,5-6,9-10,12H2,1-4H3,(H,24,26)/t17-/m0/s1. The average molecular weight is 399 g/mol. The fourth-order valence-corrected chi connectivity index (χ4v) is 3.50. The molecule has 0 spiro atoms. The van der Waals surface area contributed by atoms with Crippen LogP contribution in [-0.4, -0.2) is 40.1 Å². The van der Waals surface area contributed by atoms with Crippen molar-refractivity contribution in [3.63, 3.8) is 0 Å². The van der Waals surface area contributed by atoms with Gasteiger partial charge in [0.25, 0.3) is 0 Å². The van der Waals surface area contributed by atoms with E-state index >= 15 is 0 Å². The fraction of sp³-hybridized carbons (Fsp3) is 0.500. The van der Waals surface area contributed by atoms with E-state index in [9.17, 15) is 9.59 Å². The third kappa shape index (κ3) is 5.59. The number of oxazole rings is 1. The Morgan fingerprint density at radius 3 is 2.83 bits per heavy atom. The van der Waals surface area contributed by atoms with Crippen LogP contribution in [0.1, 0.15) is 52.0 Å². The molecule has 1 aromatic heterocycles. The first-order valence-corrected chi connectivity index (χ1v) is 10.0. The van der Waals surface area contributed by atoms with E-state index in [2.05, 4.69) is 10.3 Å². The predicted molar refractivity (Wildman–Crippen MR) is 111 cm³/mol. The van der Waals surface area contributed by atoms with Crippen LogP contribution in [0.5, 0.6) is 0 Å². The van der Waals surface area contributed by atoms with Crippen molar-refractivity contribution in [1.82, 2.24) is 9.88 Å². The average Bonchev–Trinajstić information content (AvgIpc) is 3.32. The van der Waals surface area contributed by atoms with Crippen molar-refractivity contribution in [3.05, 3.63) is 36.2 Å². The minimum absolute atomic E-state index is 0.0384. The topological polar surface area (TPSA) is 84.7 Å². The number of likely N-dealkylation sites (tertiary alicyclic amines) is 1. The Balaban J connectivity index is 1.56. The van der Waals surface area contributed by atoms with Gasteiger partial charge in [0.1, 0.15) is 11.9 Å². The van der Waals surface area contributed by atoms with Gasteiger partial charge in [-0.15, -0.1) is 0 Å². The van der Waals surface area contributed by atoms with Crippen molar-refractivity contribution in [1.29, 1.82) is 0 Å². The van der Waals surface area contributed by atoms with E-state index < -0.39 is 5.60 Å². The van der Waals surface area contributed by atoms with Crippen molar-refractivity contribution in [3.8, 4) is 11.5 Å². The zero-order chi connectivity index (χ0) is 21.0. The number of carbonyl (C=O) groups excluding carboxylic acids is 2. The van der Waals surface area contributed by atoms with Crippen LogP contribution < -0.4 is 5.32 Å². The summed E-state index contributed by atoms with van der Waals surface area (Å²) in [5.74, 6) is 0.445. The first kappa shape index (κ1) is 20.9. The molecule has 1 N–H and O–H groups in total. The number of aryl methyl sites for hydroxylation is 1. The van der Waals surface area contributed by atoms with E-state index in [0.717, 1.165) is 24.0 Å². The predicted octanol–water partition coefficient (Wildman–Crippen LogP) is 4.77. The second-order valence-electron chi connectivity index (χ2n) is 8.42. The van der Waals surface area contributed by atoms with Gasteiger partial charge < -0.3 is 19.4 Å². The molecule has 0 unspecified atom stereocenters. The maximum Gasteiger partial charge on any atom is 0.410 e. The molecule has 0 radical (unpaired) electrons. The molecule has 0 bridgehead atoms. The first-order valence-electron chi connectivity index (χ1n) is 10.0. The van der Waals surface area contributed by atoms with Gasteiger partial charge in [0.2, 0.25) is 11.8 Å². The van der Waals surface area contributed by atoms with E-state index in [1.165, 1.54) is 6.26 Å². The third-order valence-corrected chi connectivity index (χ3v) is 4.89. The molecule has 3 rings (SSSR count). The van der Waals surface area contributed by atoms with Gasteiger partial charge in [-0.3, -0.25) is 4.79 Å². The van der Waals surface area contributed by atoms with Crippen LogP contribution >= 0.6 is 0 Å². The normalized spacial score (nSPS) is 16.7. The number of aromatic nitrogens is 1. The molecule has 1 atom stereocenters. The van der Waals surface area contributed by atoms with Crippen molar-refractivity contribution < 1.29 is 18.7 Å². The summed E-state index contributed by atoms with van der Waals surface area (Å²) in [6.45, 7) is 8.22. The van der Waals surface area contributed by atoms with Crippen LogP contribution in [0, 0.1) is 6.92 Å². The molecule has 0 aliphatic carbocycles. The fourth-order valence-electron chi connectivity index (χ4n) is 3.50. The van der Waals surface area contributed by atoms with Gasteiger partial charge in [-0.1, -0.05) is 6.07 Å². The van der Waals surface area contributed by atoms with Crippen LogP contribution in [0.4, 0.5) is 10.5 Å². The van der Waals surface area contributed by atoms with Crippen molar-refractivity contribution in [2.24, 2.45) is 0 Å². The molecule has 1 fully saturated rings.